The Morgan fingerprint density at radius 2 is 1.39 bits per heavy atom. The van der Waals surface area contributed by atoms with E-state index in [1.165, 1.54) is 81.5 Å². The van der Waals surface area contributed by atoms with E-state index in [1.807, 2.05) is 36.5 Å². The molecule has 0 N–H and O–H groups in total. The summed E-state index contributed by atoms with van der Waals surface area (Å²) in [5.74, 6) is 7.90. The number of rotatable bonds is 8. The third kappa shape index (κ3) is 9.09. The number of fused-ring (bicyclic) bond motifs is 3. The number of pyridine rings is 2. The second-order valence-electron chi connectivity index (χ2n) is 16.5. The molecule has 9 rings (SSSR count). The molecule has 3 aromatic heterocycles. The van der Waals surface area contributed by atoms with Gasteiger partial charge in [-0.3, -0.25) is 0 Å². The van der Waals surface area contributed by atoms with Crippen LogP contribution in [0.3, 0.4) is 0 Å². The van der Waals surface area contributed by atoms with Gasteiger partial charge in [0.2, 0.25) is 0 Å². The standard InChI is InChI=1S/C29H22F2NO.C20H26GeN.Ir/c30-24-6-3-7-25(31)29(24)21-9-11-23-22-10-8-20(16-27(22)33-28(23)17-21)26-15-19(12-13-32-26)14-18-4-1-2-5-18;1-21(2,3)19-15-22-20(17-11-5-4-6-12-17)14-18(19)13-16-9-7-8-10-16;/h3,6-7,9-13,15-18H,1-2,4-5,14H2;4-6,11,14-16H,7-10,13H2,1-3H3;/q2*-1;. The third-order valence-corrected chi connectivity index (χ3v) is 15.9. The Labute approximate surface area is 346 Å². The van der Waals surface area contributed by atoms with Crippen LogP contribution in [-0.2, 0) is 32.9 Å². The Balaban J connectivity index is 0.000000183. The number of halogens is 2. The summed E-state index contributed by atoms with van der Waals surface area (Å²) in [5.41, 5.74) is 8.51. The zero-order valence-electron chi connectivity index (χ0n) is 32.4. The Morgan fingerprint density at radius 3 is 2.09 bits per heavy atom. The molecule has 0 amide bonds. The predicted octanol–water partition coefficient (Wildman–Crippen LogP) is 13.0. The normalized spacial score (nSPS) is 14.9. The van der Waals surface area contributed by atoms with Gasteiger partial charge >= 0.3 is 137 Å². The summed E-state index contributed by atoms with van der Waals surface area (Å²) >= 11 is -1.87. The van der Waals surface area contributed by atoms with Crippen LogP contribution in [0.5, 0.6) is 0 Å². The molecular weight excluding hydrogens is 935 g/mol. The van der Waals surface area contributed by atoms with Crippen molar-refractivity contribution in [1.82, 2.24) is 9.97 Å². The molecule has 0 bridgehead atoms. The molecule has 4 aromatic carbocycles. The minimum absolute atomic E-state index is 0. The summed E-state index contributed by atoms with van der Waals surface area (Å²) in [7, 11) is 0. The van der Waals surface area contributed by atoms with E-state index < -0.39 is 24.9 Å². The van der Waals surface area contributed by atoms with Crippen LogP contribution < -0.4 is 4.40 Å². The maximum absolute atomic E-state index is 14.3. The summed E-state index contributed by atoms with van der Waals surface area (Å²) in [6, 6.07) is 34.4. The van der Waals surface area contributed by atoms with Gasteiger partial charge in [-0.2, -0.15) is 0 Å². The summed E-state index contributed by atoms with van der Waals surface area (Å²) in [5, 5.41) is 1.80. The van der Waals surface area contributed by atoms with E-state index in [1.54, 1.807) is 22.1 Å². The molecule has 0 aliphatic heterocycles. The fraction of sp³-hybridized carbons (Fsp3) is 0.306. The molecule has 2 fully saturated rings. The van der Waals surface area contributed by atoms with E-state index >= 15 is 0 Å². The van der Waals surface area contributed by atoms with Crippen LogP contribution in [0.1, 0.15) is 62.5 Å². The van der Waals surface area contributed by atoms with Crippen molar-refractivity contribution in [3.8, 4) is 33.6 Å². The van der Waals surface area contributed by atoms with Crippen LogP contribution in [-0.4, -0.2) is 23.2 Å². The zero-order valence-corrected chi connectivity index (χ0v) is 36.9. The summed E-state index contributed by atoms with van der Waals surface area (Å²) in [6.07, 6.45) is 17.3. The molecule has 3 heterocycles. The predicted molar refractivity (Wildman–Crippen MR) is 224 cm³/mol. The van der Waals surface area contributed by atoms with Gasteiger partial charge in [-0.25, -0.2) is 8.78 Å². The van der Waals surface area contributed by atoms with Crippen LogP contribution in [0.4, 0.5) is 8.78 Å². The van der Waals surface area contributed by atoms with E-state index in [0.29, 0.717) is 16.7 Å². The Kier molecular flexibility index (Phi) is 12.7. The largest absolute Gasteiger partial charge is 0 e. The maximum atomic E-state index is 14.3. The van der Waals surface area contributed by atoms with E-state index in [9.17, 15) is 8.78 Å². The van der Waals surface area contributed by atoms with Crippen molar-refractivity contribution >= 4 is 39.6 Å². The number of aromatic nitrogens is 2. The molecule has 2 saturated carbocycles. The molecule has 2 aliphatic rings. The number of furan rings is 1. The van der Waals surface area contributed by atoms with Crippen molar-refractivity contribution in [3.05, 3.63) is 138 Å². The third-order valence-electron chi connectivity index (χ3n) is 11.5. The van der Waals surface area contributed by atoms with Gasteiger partial charge < -0.3 is 9.40 Å². The van der Waals surface area contributed by atoms with Gasteiger partial charge in [0.1, 0.15) is 17.2 Å². The fourth-order valence-electron chi connectivity index (χ4n) is 8.65. The van der Waals surface area contributed by atoms with Crippen LogP contribution in [0.15, 0.2) is 108 Å². The Hall–Kier alpha value is -3.97. The average Bonchev–Trinajstić information content (AvgIpc) is 3.97. The maximum Gasteiger partial charge on any atom is 0 e. The quantitative estimate of drug-likeness (QED) is 0.112. The smallest absolute Gasteiger partial charge is 0 e. The number of hydrogen-bond donors (Lipinski definition) is 0. The van der Waals surface area contributed by atoms with Crippen molar-refractivity contribution in [3.63, 3.8) is 0 Å². The van der Waals surface area contributed by atoms with Gasteiger partial charge in [0.25, 0.3) is 0 Å². The number of nitrogens with zero attached hydrogens (tertiary/aromatic N) is 2. The Bertz CT molecular complexity index is 2410. The molecule has 56 heavy (non-hydrogen) atoms. The van der Waals surface area contributed by atoms with Crippen molar-refractivity contribution in [2.24, 2.45) is 11.8 Å². The van der Waals surface area contributed by atoms with Gasteiger partial charge in [0.05, 0.1) is 11.1 Å². The van der Waals surface area contributed by atoms with Gasteiger partial charge in [-0.15, -0.1) is 17.7 Å². The van der Waals surface area contributed by atoms with E-state index in [2.05, 4.69) is 70.9 Å². The van der Waals surface area contributed by atoms with Gasteiger partial charge in [0, 0.05) is 26.3 Å². The molecule has 3 nitrogen and oxygen atoms in total. The second-order valence-corrected chi connectivity index (χ2v) is 27.1. The average molecular weight is 984 g/mol. The summed E-state index contributed by atoms with van der Waals surface area (Å²) in [4.78, 5) is 9.33. The van der Waals surface area contributed by atoms with Crippen molar-refractivity contribution in [2.75, 3.05) is 0 Å². The minimum atomic E-state index is -1.87. The molecular formula is C49H48F2GeIrN2O-2. The van der Waals surface area contributed by atoms with Crippen molar-refractivity contribution in [2.45, 2.75) is 81.5 Å². The molecule has 2 aliphatic carbocycles. The van der Waals surface area contributed by atoms with Gasteiger partial charge in [-0.1, -0.05) is 67.0 Å². The molecule has 0 atom stereocenters. The van der Waals surface area contributed by atoms with Gasteiger partial charge in [0.15, 0.2) is 0 Å². The first-order valence-corrected chi connectivity index (χ1v) is 27.3. The topological polar surface area (TPSA) is 38.9 Å². The van der Waals surface area contributed by atoms with E-state index in [-0.39, 0.29) is 25.7 Å². The van der Waals surface area contributed by atoms with Crippen molar-refractivity contribution in [1.29, 1.82) is 0 Å². The zero-order chi connectivity index (χ0) is 37.9. The summed E-state index contributed by atoms with van der Waals surface area (Å²) < 4.78 is 36.2. The molecule has 0 unspecified atom stereocenters. The molecule has 7 aromatic rings. The van der Waals surface area contributed by atoms with Crippen LogP contribution in [0.2, 0.25) is 17.3 Å². The van der Waals surface area contributed by atoms with E-state index in [0.717, 1.165) is 51.5 Å². The Morgan fingerprint density at radius 1 is 0.696 bits per heavy atom. The molecule has 0 saturated heterocycles. The number of benzene rings is 4. The SMILES string of the molecule is Fc1cccc(F)c1-c1ccc2c(c1)oc1cc(-c3cc(CC4CCCC4)ccn3)[c-]cc12.[CH3][Ge]([CH3])([CH3])[c]1cnc(-c2[c-]cccc2)cc1CC1CCCC1.[Ir]. The molecule has 0 spiro atoms. The monoisotopic (exact) mass is 985 g/mol. The number of hydrogen-bond acceptors (Lipinski definition) is 3. The van der Waals surface area contributed by atoms with Crippen LogP contribution in [0, 0.1) is 35.6 Å². The molecule has 289 valence electrons. The van der Waals surface area contributed by atoms with Crippen LogP contribution in [0.25, 0.3) is 55.6 Å². The van der Waals surface area contributed by atoms with Gasteiger partial charge in [-0.05, 0) is 53.2 Å². The molecule has 7 heteroatoms. The fourth-order valence-corrected chi connectivity index (χ4v) is 12.0. The first kappa shape index (κ1) is 40.2. The van der Waals surface area contributed by atoms with E-state index in [4.69, 9.17) is 9.40 Å². The van der Waals surface area contributed by atoms with Crippen LogP contribution >= 0.6 is 0 Å². The first-order valence-electron chi connectivity index (χ1n) is 19.9. The minimum Gasteiger partial charge on any atom is 0 e. The summed E-state index contributed by atoms with van der Waals surface area (Å²) in [6.45, 7) is 0. The first-order chi connectivity index (χ1) is 26.7. The van der Waals surface area contributed by atoms with Crippen molar-refractivity contribution < 1.29 is 33.3 Å². The second kappa shape index (κ2) is 17.7. The molecule has 1 radical (unpaired) electrons.